The van der Waals surface area contributed by atoms with E-state index < -0.39 is 0 Å². The SMILES string of the molecule is c1ccc(-c2cccc(Nc3ccc(-c4ccccc4)c(-c4ccc5ccccc5c4)c3)c2)cc1. The van der Waals surface area contributed by atoms with Gasteiger partial charge in [0.2, 0.25) is 0 Å². The smallest absolute Gasteiger partial charge is 0.0390 e. The number of fused-ring (bicyclic) bond motifs is 1. The zero-order valence-electron chi connectivity index (χ0n) is 19.4. The van der Waals surface area contributed by atoms with Gasteiger partial charge in [-0.2, -0.15) is 0 Å². The van der Waals surface area contributed by atoms with Crippen molar-refractivity contribution in [1.29, 1.82) is 0 Å². The molecule has 0 bridgehead atoms. The van der Waals surface area contributed by atoms with Crippen LogP contribution in [0, 0.1) is 0 Å². The minimum absolute atomic E-state index is 1.07. The highest BCUT2D eigenvalue weighted by molar-refractivity contribution is 5.92. The summed E-state index contributed by atoms with van der Waals surface area (Å²) in [4.78, 5) is 0. The molecule has 0 aliphatic heterocycles. The summed E-state index contributed by atoms with van der Waals surface area (Å²) in [5.41, 5.74) is 9.42. The van der Waals surface area contributed by atoms with Crippen LogP contribution in [-0.4, -0.2) is 0 Å². The van der Waals surface area contributed by atoms with E-state index in [4.69, 9.17) is 0 Å². The average molecular weight is 448 g/mol. The van der Waals surface area contributed by atoms with Crippen molar-refractivity contribution >= 4 is 22.1 Å². The zero-order chi connectivity index (χ0) is 23.5. The summed E-state index contributed by atoms with van der Waals surface area (Å²) in [6.07, 6.45) is 0. The van der Waals surface area contributed by atoms with Crippen LogP contribution >= 0.6 is 0 Å². The van der Waals surface area contributed by atoms with Gasteiger partial charge in [-0.25, -0.2) is 0 Å². The molecule has 0 amide bonds. The van der Waals surface area contributed by atoms with Crippen LogP contribution in [0.5, 0.6) is 0 Å². The van der Waals surface area contributed by atoms with Crippen molar-refractivity contribution in [3.8, 4) is 33.4 Å². The van der Waals surface area contributed by atoms with E-state index >= 15 is 0 Å². The lowest BCUT2D eigenvalue weighted by Crippen LogP contribution is -1.93. The maximum Gasteiger partial charge on any atom is 0.0390 e. The van der Waals surface area contributed by atoms with E-state index in [1.54, 1.807) is 0 Å². The average Bonchev–Trinajstić information content (AvgIpc) is 2.94. The van der Waals surface area contributed by atoms with Gasteiger partial charge in [-0.3, -0.25) is 0 Å². The molecule has 0 heterocycles. The van der Waals surface area contributed by atoms with E-state index in [0.717, 1.165) is 11.4 Å². The summed E-state index contributed by atoms with van der Waals surface area (Å²) in [6.45, 7) is 0. The molecule has 6 rings (SSSR count). The van der Waals surface area contributed by atoms with E-state index in [1.807, 2.05) is 6.07 Å². The summed E-state index contributed by atoms with van der Waals surface area (Å²) >= 11 is 0. The van der Waals surface area contributed by atoms with Crippen LogP contribution in [0.25, 0.3) is 44.2 Å². The Kier molecular flexibility index (Phi) is 5.58. The zero-order valence-corrected chi connectivity index (χ0v) is 19.4. The molecule has 0 aliphatic carbocycles. The van der Waals surface area contributed by atoms with E-state index in [0.29, 0.717) is 0 Å². The van der Waals surface area contributed by atoms with E-state index in [-0.39, 0.29) is 0 Å². The Labute approximate surface area is 206 Å². The summed E-state index contributed by atoms with van der Waals surface area (Å²) in [7, 11) is 0. The van der Waals surface area contributed by atoms with Gasteiger partial charge in [-0.05, 0) is 74.5 Å². The maximum absolute atomic E-state index is 3.64. The van der Waals surface area contributed by atoms with Crippen molar-refractivity contribution in [2.24, 2.45) is 0 Å². The first-order valence-corrected chi connectivity index (χ1v) is 11.9. The topological polar surface area (TPSA) is 12.0 Å². The lowest BCUT2D eigenvalue weighted by Gasteiger charge is -2.15. The van der Waals surface area contributed by atoms with Crippen LogP contribution in [0.4, 0.5) is 11.4 Å². The van der Waals surface area contributed by atoms with Crippen molar-refractivity contribution < 1.29 is 0 Å². The molecular formula is C34H25N. The third-order valence-electron chi connectivity index (χ3n) is 6.42. The predicted molar refractivity (Wildman–Crippen MR) is 150 cm³/mol. The maximum atomic E-state index is 3.64. The standard InChI is InChI=1S/C34H25N/c1-3-10-25(11-4-1)29-16-9-17-31(23-29)35-32-20-21-33(27-13-5-2-6-14-27)34(24-32)30-19-18-26-12-7-8-15-28(26)22-30/h1-24,35H. The fraction of sp³-hybridized carbons (Fsp3) is 0. The molecule has 0 unspecified atom stereocenters. The Morgan fingerprint density at radius 3 is 1.77 bits per heavy atom. The lowest BCUT2D eigenvalue weighted by molar-refractivity contribution is 1.52. The van der Waals surface area contributed by atoms with Crippen molar-refractivity contribution in [2.45, 2.75) is 0 Å². The lowest BCUT2D eigenvalue weighted by atomic mass is 9.92. The molecule has 0 saturated carbocycles. The molecule has 0 radical (unpaired) electrons. The quantitative estimate of drug-likeness (QED) is 0.277. The molecule has 6 aromatic carbocycles. The van der Waals surface area contributed by atoms with Crippen molar-refractivity contribution in [2.75, 3.05) is 5.32 Å². The Bertz CT molecular complexity index is 1600. The highest BCUT2D eigenvalue weighted by Gasteiger charge is 2.10. The van der Waals surface area contributed by atoms with Crippen LogP contribution in [0.1, 0.15) is 0 Å². The van der Waals surface area contributed by atoms with Crippen LogP contribution in [-0.2, 0) is 0 Å². The molecule has 0 saturated heterocycles. The molecule has 6 aromatic rings. The Balaban J connectivity index is 1.42. The number of hydrogen-bond donors (Lipinski definition) is 1. The second kappa shape index (κ2) is 9.32. The van der Waals surface area contributed by atoms with Gasteiger partial charge in [0.15, 0.2) is 0 Å². The van der Waals surface area contributed by atoms with Crippen LogP contribution in [0.2, 0.25) is 0 Å². The highest BCUT2D eigenvalue weighted by atomic mass is 14.9. The van der Waals surface area contributed by atoms with Gasteiger partial charge in [0, 0.05) is 11.4 Å². The minimum atomic E-state index is 1.07. The first-order chi connectivity index (χ1) is 17.3. The minimum Gasteiger partial charge on any atom is -0.355 e. The number of rotatable bonds is 5. The molecule has 1 nitrogen and oxygen atoms in total. The van der Waals surface area contributed by atoms with Gasteiger partial charge < -0.3 is 5.32 Å². The second-order valence-electron chi connectivity index (χ2n) is 8.76. The van der Waals surface area contributed by atoms with Crippen molar-refractivity contribution in [3.05, 3.63) is 146 Å². The number of benzene rings is 6. The van der Waals surface area contributed by atoms with E-state index in [2.05, 4.69) is 145 Å². The van der Waals surface area contributed by atoms with Gasteiger partial charge in [0.1, 0.15) is 0 Å². The van der Waals surface area contributed by atoms with Crippen molar-refractivity contribution in [1.82, 2.24) is 0 Å². The molecule has 1 N–H and O–H groups in total. The summed E-state index contributed by atoms with van der Waals surface area (Å²) in [6, 6.07) is 51.6. The van der Waals surface area contributed by atoms with Crippen LogP contribution < -0.4 is 5.32 Å². The number of anilines is 2. The molecule has 0 spiro atoms. The predicted octanol–water partition coefficient (Wildman–Crippen LogP) is 9.58. The summed E-state index contributed by atoms with van der Waals surface area (Å²) < 4.78 is 0. The second-order valence-corrected chi connectivity index (χ2v) is 8.76. The largest absolute Gasteiger partial charge is 0.355 e. The van der Waals surface area contributed by atoms with Gasteiger partial charge in [-0.1, -0.05) is 115 Å². The number of nitrogens with one attached hydrogen (secondary N) is 1. The van der Waals surface area contributed by atoms with Crippen molar-refractivity contribution in [3.63, 3.8) is 0 Å². The normalized spacial score (nSPS) is 10.9. The molecular weight excluding hydrogens is 422 g/mol. The molecule has 166 valence electrons. The summed E-state index contributed by atoms with van der Waals surface area (Å²) in [5.74, 6) is 0. The molecule has 0 aromatic heterocycles. The Hall–Kier alpha value is -4.62. The third-order valence-corrected chi connectivity index (χ3v) is 6.42. The van der Waals surface area contributed by atoms with Gasteiger partial charge in [-0.15, -0.1) is 0 Å². The molecule has 0 fully saturated rings. The van der Waals surface area contributed by atoms with E-state index in [9.17, 15) is 0 Å². The first kappa shape index (κ1) is 20.9. The molecule has 0 atom stereocenters. The monoisotopic (exact) mass is 447 g/mol. The highest BCUT2D eigenvalue weighted by Crippen LogP contribution is 2.36. The van der Waals surface area contributed by atoms with Gasteiger partial charge >= 0.3 is 0 Å². The molecule has 35 heavy (non-hydrogen) atoms. The fourth-order valence-electron chi connectivity index (χ4n) is 4.66. The molecule has 0 aliphatic rings. The molecule has 1 heteroatoms. The van der Waals surface area contributed by atoms with Crippen LogP contribution in [0.15, 0.2) is 146 Å². The first-order valence-electron chi connectivity index (χ1n) is 11.9. The van der Waals surface area contributed by atoms with Gasteiger partial charge in [0.25, 0.3) is 0 Å². The fourth-order valence-corrected chi connectivity index (χ4v) is 4.66. The third kappa shape index (κ3) is 4.45. The Morgan fingerprint density at radius 1 is 0.314 bits per heavy atom. The Morgan fingerprint density at radius 2 is 0.971 bits per heavy atom. The van der Waals surface area contributed by atoms with Gasteiger partial charge in [0.05, 0.1) is 0 Å². The van der Waals surface area contributed by atoms with E-state index in [1.165, 1.54) is 44.2 Å². The summed E-state index contributed by atoms with van der Waals surface area (Å²) in [5, 5.41) is 6.14. The van der Waals surface area contributed by atoms with Crippen LogP contribution in [0.3, 0.4) is 0 Å². The number of hydrogen-bond acceptors (Lipinski definition) is 1.